The monoisotopic (exact) mass is 494 g/mol. The first-order chi connectivity index (χ1) is 17.3. The molecule has 0 bridgehead atoms. The molecule has 1 aromatic carbocycles. The highest BCUT2D eigenvalue weighted by Gasteiger charge is 2.43. The molecule has 0 unspecified atom stereocenters. The van der Waals surface area contributed by atoms with Crippen molar-refractivity contribution in [3.05, 3.63) is 53.9 Å². The number of rotatable bonds is 9. The largest absolute Gasteiger partial charge is 0.460 e. The molecule has 0 radical (unpaired) electrons. The summed E-state index contributed by atoms with van der Waals surface area (Å²) in [6.45, 7) is 8.28. The zero-order valence-electron chi connectivity index (χ0n) is 21.6. The highest BCUT2D eigenvalue weighted by Crippen LogP contribution is 2.49. The molecule has 2 heterocycles. The van der Waals surface area contributed by atoms with Gasteiger partial charge in [0, 0.05) is 37.6 Å². The molecule has 2 atom stereocenters. The smallest absolute Gasteiger partial charge is 0.410 e. The molecule has 1 aliphatic carbocycles. The number of piperidine rings is 1. The molecule has 1 saturated heterocycles. The van der Waals surface area contributed by atoms with Gasteiger partial charge in [-0.25, -0.2) is 14.8 Å². The van der Waals surface area contributed by atoms with Crippen LogP contribution in [0.25, 0.3) is 0 Å². The van der Waals surface area contributed by atoms with E-state index in [0.29, 0.717) is 18.5 Å². The van der Waals surface area contributed by atoms with Crippen LogP contribution in [0, 0.1) is 17.8 Å². The number of likely N-dealkylation sites (tertiary alicyclic amines) is 1. The lowest BCUT2D eigenvalue weighted by Gasteiger charge is -2.31. The average molecular weight is 495 g/mol. The molecular formula is C28H38N4O4. The molecule has 2 aliphatic rings. The number of carbonyl (C=O) groups excluding carboxylic acids is 2. The summed E-state index contributed by atoms with van der Waals surface area (Å²) in [4.78, 5) is 34.9. The second-order valence-electron chi connectivity index (χ2n) is 10.9. The lowest BCUT2D eigenvalue weighted by Crippen LogP contribution is -2.39. The molecule has 2 aromatic rings. The van der Waals surface area contributed by atoms with E-state index in [2.05, 4.69) is 15.3 Å². The summed E-state index contributed by atoms with van der Waals surface area (Å²) < 4.78 is 10.8. The molecule has 1 amide bonds. The summed E-state index contributed by atoms with van der Waals surface area (Å²) in [5.41, 5.74) is 1.26. The van der Waals surface area contributed by atoms with Crippen LogP contribution in [0.5, 0.6) is 0 Å². The van der Waals surface area contributed by atoms with Crippen molar-refractivity contribution in [1.82, 2.24) is 14.9 Å². The Bertz CT molecular complexity index is 998. The number of nitrogens with one attached hydrogen (secondary N) is 1. The Labute approximate surface area is 213 Å². The minimum atomic E-state index is -0.495. The van der Waals surface area contributed by atoms with Crippen LogP contribution in [-0.2, 0) is 27.3 Å². The van der Waals surface area contributed by atoms with Gasteiger partial charge in [0.15, 0.2) is 0 Å². The lowest BCUT2D eigenvalue weighted by atomic mass is 9.90. The molecule has 8 heteroatoms. The number of ether oxygens (including phenoxy) is 2. The van der Waals surface area contributed by atoms with Crippen LogP contribution >= 0.6 is 0 Å². The Morgan fingerprint density at radius 3 is 2.42 bits per heavy atom. The fourth-order valence-electron chi connectivity index (χ4n) is 4.95. The Morgan fingerprint density at radius 1 is 1.06 bits per heavy atom. The van der Waals surface area contributed by atoms with E-state index in [1.807, 2.05) is 56.0 Å². The normalized spacial score (nSPS) is 20.0. The van der Waals surface area contributed by atoms with Gasteiger partial charge in [0.25, 0.3) is 0 Å². The highest BCUT2D eigenvalue weighted by atomic mass is 16.6. The number of aromatic nitrogens is 2. The number of carbonyl (C=O) groups is 2. The average Bonchev–Trinajstić information content (AvgIpc) is 3.63. The van der Waals surface area contributed by atoms with Gasteiger partial charge in [0.05, 0.1) is 6.42 Å². The van der Waals surface area contributed by atoms with Gasteiger partial charge in [-0.2, -0.15) is 0 Å². The van der Waals surface area contributed by atoms with E-state index in [1.165, 1.54) is 6.42 Å². The van der Waals surface area contributed by atoms with Crippen LogP contribution in [0.3, 0.4) is 0 Å². The highest BCUT2D eigenvalue weighted by molar-refractivity contribution is 5.72. The fraction of sp³-hybridized carbons (Fsp3) is 0.571. The van der Waals surface area contributed by atoms with Crippen LogP contribution in [0.15, 0.2) is 42.7 Å². The summed E-state index contributed by atoms with van der Waals surface area (Å²) in [7, 11) is 0. The number of amides is 1. The van der Waals surface area contributed by atoms with E-state index in [-0.39, 0.29) is 18.5 Å². The van der Waals surface area contributed by atoms with Crippen molar-refractivity contribution in [2.75, 3.05) is 25.0 Å². The van der Waals surface area contributed by atoms with Crippen molar-refractivity contribution in [2.45, 2.75) is 65.1 Å². The van der Waals surface area contributed by atoms with E-state index in [0.717, 1.165) is 61.9 Å². The minimum absolute atomic E-state index is 0.171. The molecule has 1 aliphatic heterocycles. The predicted octanol–water partition coefficient (Wildman–Crippen LogP) is 4.85. The van der Waals surface area contributed by atoms with Crippen molar-refractivity contribution in [3.63, 3.8) is 0 Å². The number of hydrogen-bond acceptors (Lipinski definition) is 7. The Hall–Kier alpha value is -3.16. The molecule has 2 fully saturated rings. The van der Waals surface area contributed by atoms with Crippen LogP contribution in [-0.4, -0.2) is 52.2 Å². The Balaban J connectivity index is 1.10. The maximum absolute atomic E-state index is 12.4. The van der Waals surface area contributed by atoms with Crippen molar-refractivity contribution in [2.24, 2.45) is 17.8 Å². The lowest BCUT2D eigenvalue weighted by molar-refractivity contribution is -0.153. The molecule has 1 aromatic heterocycles. The van der Waals surface area contributed by atoms with Gasteiger partial charge >= 0.3 is 12.1 Å². The standard InChI is InChI=1S/C28H38N4O4/c1-28(2,3)36-25(33)15-21-17-30-26(31-18-21)29-12-9-23-16-24(23)22-10-13-32(14-11-22)27(34)35-19-20-7-5-4-6-8-20/h4-8,17-18,22-24H,9-16,19H2,1-3H3,(H,29,30,31)/t23-,24-/m1/s1. The molecule has 1 N–H and O–H groups in total. The van der Waals surface area contributed by atoms with Gasteiger partial charge in [-0.1, -0.05) is 30.3 Å². The van der Waals surface area contributed by atoms with Crippen molar-refractivity contribution in [3.8, 4) is 0 Å². The summed E-state index contributed by atoms with van der Waals surface area (Å²) in [5.74, 6) is 2.48. The SMILES string of the molecule is CC(C)(C)OC(=O)Cc1cnc(NCC[C@@H]2C[C@@H]2C2CCN(C(=O)OCc3ccccc3)CC2)nc1. The zero-order chi connectivity index (χ0) is 25.5. The van der Waals surface area contributed by atoms with Gasteiger partial charge in [-0.15, -0.1) is 0 Å². The van der Waals surface area contributed by atoms with Gasteiger partial charge in [-0.05, 0) is 69.8 Å². The van der Waals surface area contributed by atoms with E-state index in [9.17, 15) is 9.59 Å². The fourth-order valence-corrected chi connectivity index (χ4v) is 4.95. The number of nitrogens with zero attached hydrogens (tertiary/aromatic N) is 3. The van der Waals surface area contributed by atoms with Crippen molar-refractivity contribution < 1.29 is 19.1 Å². The van der Waals surface area contributed by atoms with Crippen molar-refractivity contribution >= 4 is 18.0 Å². The van der Waals surface area contributed by atoms with Crippen LogP contribution in [0.1, 0.15) is 57.6 Å². The first kappa shape index (κ1) is 25.9. The minimum Gasteiger partial charge on any atom is -0.460 e. The van der Waals surface area contributed by atoms with Gasteiger partial charge in [-0.3, -0.25) is 4.79 Å². The third-order valence-corrected chi connectivity index (χ3v) is 6.86. The first-order valence-corrected chi connectivity index (χ1v) is 13.0. The van der Waals surface area contributed by atoms with Crippen LogP contribution in [0.4, 0.5) is 10.7 Å². The molecule has 4 rings (SSSR count). The summed E-state index contributed by atoms with van der Waals surface area (Å²) in [6.07, 6.45) is 7.79. The molecule has 194 valence electrons. The second kappa shape index (κ2) is 11.7. The Kier molecular flexibility index (Phi) is 8.44. The van der Waals surface area contributed by atoms with Gasteiger partial charge in [0.2, 0.25) is 5.95 Å². The van der Waals surface area contributed by atoms with Gasteiger partial charge < -0.3 is 19.7 Å². The van der Waals surface area contributed by atoms with E-state index >= 15 is 0 Å². The number of hydrogen-bond donors (Lipinski definition) is 1. The molecular weight excluding hydrogens is 456 g/mol. The molecule has 36 heavy (non-hydrogen) atoms. The second-order valence-corrected chi connectivity index (χ2v) is 10.9. The van der Waals surface area contributed by atoms with E-state index < -0.39 is 5.60 Å². The topological polar surface area (TPSA) is 93.7 Å². The van der Waals surface area contributed by atoms with Crippen LogP contribution in [0.2, 0.25) is 0 Å². The molecule has 8 nitrogen and oxygen atoms in total. The number of esters is 1. The maximum atomic E-state index is 12.4. The van der Waals surface area contributed by atoms with E-state index in [4.69, 9.17) is 9.47 Å². The number of anilines is 1. The molecule has 0 spiro atoms. The maximum Gasteiger partial charge on any atom is 0.410 e. The third-order valence-electron chi connectivity index (χ3n) is 6.86. The van der Waals surface area contributed by atoms with Crippen LogP contribution < -0.4 is 5.32 Å². The summed E-state index contributed by atoms with van der Waals surface area (Å²) in [6, 6.07) is 9.80. The quantitative estimate of drug-likeness (QED) is 0.498. The predicted molar refractivity (Wildman–Crippen MR) is 137 cm³/mol. The van der Waals surface area contributed by atoms with Gasteiger partial charge in [0.1, 0.15) is 12.2 Å². The third kappa shape index (κ3) is 7.93. The first-order valence-electron chi connectivity index (χ1n) is 13.0. The zero-order valence-corrected chi connectivity index (χ0v) is 21.6. The number of benzene rings is 1. The summed E-state index contributed by atoms with van der Waals surface area (Å²) >= 11 is 0. The Morgan fingerprint density at radius 2 is 1.75 bits per heavy atom. The van der Waals surface area contributed by atoms with E-state index in [1.54, 1.807) is 12.4 Å². The molecule has 1 saturated carbocycles. The van der Waals surface area contributed by atoms with Crippen molar-refractivity contribution in [1.29, 1.82) is 0 Å². The summed E-state index contributed by atoms with van der Waals surface area (Å²) in [5, 5.41) is 3.30.